The topological polar surface area (TPSA) is 115 Å². The quantitative estimate of drug-likeness (QED) is 0.258. The third-order valence-corrected chi connectivity index (χ3v) is 1.68. The van der Waals surface area contributed by atoms with Gasteiger partial charge in [0.15, 0.2) is 0 Å². The smallest absolute Gasteiger partial charge is 0.239 e. The molecule has 0 rings (SSSR count). The van der Waals surface area contributed by atoms with Crippen LogP contribution in [0.3, 0.4) is 0 Å². The normalized spacial score (nSPS) is 11.9. The van der Waals surface area contributed by atoms with Crippen molar-refractivity contribution in [3.63, 3.8) is 0 Å². The summed E-state index contributed by atoms with van der Waals surface area (Å²) < 4.78 is 0. The van der Waals surface area contributed by atoms with Crippen LogP contribution < -0.4 is 17.2 Å². The van der Waals surface area contributed by atoms with Gasteiger partial charge in [-0.2, -0.15) is 0 Å². The van der Waals surface area contributed by atoms with Crippen molar-refractivity contribution in [1.29, 1.82) is 0 Å². The maximum Gasteiger partial charge on any atom is 0.239 e. The molecule has 0 aromatic heterocycles. The van der Waals surface area contributed by atoms with Gasteiger partial charge in [-0.25, -0.2) is 4.99 Å². The Hall–Kier alpha value is -1.59. The standard InChI is InChI=1S/C9H20N6/c1-2-3-4-5-6-7-13-9(12)15-14-8(10)11/h7H,2-6H2,1H3,(H2,12,15)(H4,10,11,14). The highest BCUT2D eigenvalue weighted by molar-refractivity contribution is 5.87. The Kier molecular flexibility index (Phi) is 8.03. The first kappa shape index (κ1) is 13.4. The molecule has 6 nitrogen and oxygen atoms in total. The van der Waals surface area contributed by atoms with Crippen LogP contribution in [-0.4, -0.2) is 18.1 Å². The van der Waals surface area contributed by atoms with E-state index in [-0.39, 0.29) is 11.9 Å². The minimum Gasteiger partial charge on any atom is -0.369 e. The van der Waals surface area contributed by atoms with Crippen molar-refractivity contribution in [2.45, 2.75) is 39.0 Å². The van der Waals surface area contributed by atoms with Gasteiger partial charge in [0, 0.05) is 6.21 Å². The van der Waals surface area contributed by atoms with Crippen LogP contribution in [0.5, 0.6) is 0 Å². The highest BCUT2D eigenvalue weighted by Crippen LogP contribution is 2.00. The predicted molar refractivity (Wildman–Crippen MR) is 64.7 cm³/mol. The number of hydrogen-bond acceptors (Lipinski definition) is 2. The molecule has 0 bridgehead atoms. The lowest BCUT2D eigenvalue weighted by Crippen LogP contribution is -2.22. The second kappa shape index (κ2) is 8.98. The second-order valence-electron chi connectivity index (χ2n) is 3.14. The molecular weight excluding hydrogens is 192 g/mol. The summed E-state index contributed by atoms with van der Waals surface area (Å²) in [6.45, 7) is 2.17. The lowest BCUT2D eigenvalue weighted by molar-refractivity contribution is 0.685. The average molecular weight is 212 g/mol. The van der Waals surface area contributed by atoms with Gasteiger partial charge in [0.1, 0.15) is 0 Å². The van der Waals surface area contributed by atoms with E-state index in [0.29, 0.717) is 0 Å². The fourth-order valence-corrected chi connectivity index (χ4v) is 0.955. The van der Waals surface area contributed by atoms with Gasteiger partial charge in [0.25, 0.3) is 0 Å². The maximum atomic E-state index is 5.40. The molecule has 0 amide bonds. The number of unbranched alkanes of at least 4 members (excludes halogenated alkanes) is 4. The van der Waals surface area contributed by atoms with Crippen LogP contribution in [0.1, 0.15) is 39.0 Å². The molecule has 0 atom stereocenters. The molecule has 0 aliphatic carbocycles. The summed E-state index contributed by atoms with van der Waals surface area (Å²) in [5.74, 6) is -0.0602. The van der Waals surface area contributed by atoms with Crippen molar-refractivity contribution in [2.24, 2.45) is 32.4 Å². The molecule has 0 aliphatic rings. The molecule has 0 spiro atoms. The van der Waals surface area contributed by atoms with E-state index in [4.69, 9.17) is 17.2 Å². The molecular formula is C9H20N6. The molecule has 0 heterocycles. The minimum atomic E-state index is -0.129. The summed E-state index contributed by atoms with van der Waals surface area (Å²) >= 11 is 0. The maximum absolute atomic E-state index is 5.40. The summed E-state index contributed by atoms with van der Waals surface area (Å²) in [5, 5.41) is 6.87. The Bertz CT molecular complexity index is 239. The average Bonchev–Trinajstić information content (AvgIpc) is 2.20. The van der Waals surface area contributed by atoms with Crippen molar-refractivity contribution in [2.75, 3.05) is 0 Å². The van der Waals surface area contributed by atoms with Crippen molar-refractivity contribution < 1.29 is 0 Å². The molecule has 0 saturated carbocycles. The van der Waals surface area contributed by atoms with Gasteiger partial charge in [-0.15, -0.1) is 10.2 Å². The lowest BCUT2D eigenvalue weighted by Gasteiger charge is -1.93. The zero-order valence-electron chi connectivity index (χ0n) is 9.19. The molecule has 15 heavy (non-hydrogen) atoms. The molecule has 0 aliphatic heterocycles. The number of aliphatic imine (C=N–C) groups is 1. The van der Waals surface area contributed by atoms with Gasteiger partial charge in [0.05, 0.1) is 0 Å². The lowest BCUT2D eigenvalue weighted by atomic mass is 10.2. The summed E-state index contributed by atoms with van der Waals surface area (Å²) in [6, 6.07) is 0. The Balaban J connectivity index is 3.67. The monoisotopic (exact) mass is 212 g/mol. The van der Waals surface area contributed by atoms with E-state index in [2.05, 4.69) is 22.1 Å². The number of nitrogens with two attached hydrogens (primary N) is 3. The summed E-state index contributed by atoms with van der Waals surface area (Å²) in [5.41, 5.74) is 15.5. The summed E-state index contributed by atoms with van der Waals surface area (Å²) in [4.78, 5) is 3.88. The highest BCUT2D eigenvalue weighted by atomic mass is 15.3. The van der Waals surface area contributed by atoms with E-state index in [1.165, 1.54) is 19.3 Å². The van der Waals surface area contributed by atoms with Gasteiger partial charge >= 0.3 is 0 Å². The van der Waals surface area contributed by atoms with E-state index >= 15 is 0 Å². The number of hydrogen-bond donors (Lipinski definition) is 3. The third kappa shape index (κ3) is 10.3. The van der Waals surface area contributed by atoms with Crippen molar-refractivity contribution >= 4 is 18.1 Å². The van der Waals surface area contributed by atoms with Gasteiger partial charge in [0.2, 0.25) is 11.9 Å². The first-order valence-electron chi connectivity index (χ1n) is 5.11. The number of nitrogens with zero attached hydrogens (tertiary/aromatic N) is 3. The van der Waals surface area contributed by atoms with Gasteiger partial charge < -0.3 is 17.2 Å². The molecule has 0 radical (unpaired) electrons. The third-order valence-electron chi connectivity index (χ3n) is 1.68. The van der Waals surface area contributed by atoms with Crippen LogP contribution >= 0.6 is 0 Å². The van der Waals surface area contributed by atoms with E-state index in [0.717, 1.165) is 12.8 Å². The molecule has 6 heteroatoms. The zero-order valence-corrected chi connectivity index (χ0v) is 9.19. The molecule has 0 aromatic carbocycles. The Labute approximate surface area is 90.3 Å². The first-order chi connectivity index (χ1) is 7.16. The van der Waals surface area contributed by atoms with E-state index in [1.54, 1.807) is 6.21 Å². The van der Waals surface area contributed by atoms with E-state index < -0.39 is 0 Å². The van der Waals surface area contributed by atoms with Gasteiger partial charge in [-0.3, -0.25) is 0 Å². The molecule has 86 valence electrons. The van der Waals surface area contributed by atoms with E-state index in [1.807, 2.05) is 0 Å². The van der Waals surface area contributed by atoms with Crippen molar-refractivity contribution in [3.05, 3.63) is 0 Å². The summed E-state index contributed by atoms with van der Waals surface area (Å²) in [6.07, 6.45) is 7.45. The van der Waals surface area contributed by atoms with Crippen LogP contribution in [-0.2, 0) is 0 Å². The van der Waals surface area contributed by atoms with Crippen LogP contribution in [0.4, 0.5) is 0 Å². The number of rotatable bonds is 6. The van der Waals surface area contributed by atoms with Crippen LogP contribution in [0.25, 0.3) is 0 Å². The Morgan fingerprint density at radius 3 is 2.40 bits per heavy atom. The fraction of sp³-hybridized carbons (Fsp3) is 0.667. The first-order valence-corrected chi connectivity index (χ1v) is 5.11. The summed E-state index contributed by atoms with van der Waals surface area (Å²) in [7, 11) is 0. The minimum absolute atomic E-state index is 0.0684. The van der Waals surface area contributed by atoms with Crippen LogP contribution in [0.15, 0.2) is 15.2 Å². The van der Waals surface area contributed by atoms with Crippen LogP contribution in [0.2, 0.25) is 0 Å². The zero-order chi connectivity index (χ0) is 11.5. The van der Waals surface area contributed by atoms with Gasteiger partial charge in [-0.1, -0.05) is 26.2 Å². The van der Waals surface area contributed by atoms with Crippen LogP contribution in [0, 0.1) is 0 Å². The van der Waals surface area contributed by atoms with Gasteiger partial charge in [-0.05, 0) is 12.8 Å². The molecule has 6 N–H and O–H groups in total. The van der Waals surface area contributed by atoms with E-state index in [9.17, 15) is 0 Å². The van der Waals surface area contributed by atoms with Crippen molar-refractivity contribution in [1.82, 2.24) is 0 Å². The number of guanidine groups is 2. The second-order valence-corrected chi connectivity index (χ2v) is 3.14. The molecule has 0 unspecified atom stereocenters. The molecule has 0 fully saturated rings. The SMILES string of the molecule is CCCCCCC=N/C(N)=N/N=C(N)N. The van der Waals surface area contributed by atoms with Crippen molar-refractivity contribution in [3.8, 4) is 0 Å². The Morgan fingerprint density at radius 2 is 1.80 bits per heavy atom. The predicted octanol–water partition coefficient (Wildman–Crippen LogP) is 0.531. The fourth-order valence-electron chi connectivity index (χ4n) is 0.955. The Morgan fingerprint density at radius 1 is 1.07 bits per heavy atom. The molecule has 0 aromatic rings. The highest BCUT2D eigenvalue weighted by Gasteiger charge is 1.87. The largest absolute Gasteiger partial charge is 0.369 e. The molecule has 0 saturated heterocycles.